The van der Waals surface area contributed by atoms with Crippen molar-refractivity contribution in [1.29, 1.82) is 0 Å². The van der Waals surface area contributed by atoms with Crippen molar-refractivity contribution in [2.45, 2.75) is 32.9 Å². The van der Waals surface area contributed by atoms with E-state index in [-0.39, 0.29) is 18.7 Å². The summed E-state index contributed by atoms with van der Waals surface area (Å²) >= 11 is 0. The van der Waals surface area contributed by atoms with Gasteiger partial charge in [-0.25, -0.2) is 12.8 Å². The summed E-state index contributed by atoms with van der Waals surface area (Å²) in [6.45, 7) is 4.29. The Morgan fingerprint density at radius 2 is 1.79 bits per heavy atom. The predicted octanol–water partition coefficient (Wildman–Crippen LogP) is 3.09. The van der Waals surface area contributed by atoms with Gasteiger partial charge >= 0.3 is 0 Å². The number of sulfonamides is 1. The van der Waals surface area contributed by atoms with Gasteiger partial charge in [-0.2, -0.15) is 0 Å². The van der Waals surface area contributed by atoms with Crippen LogP contribution in [0.4, 0.5) is 10.1 Å². The van der Waals surface area contributed by atoms with Crippen LogP contribution in [0.3, 0.4) is 0 Å². The molecule has 2 aromatic rings. The number of anilines is 1. The van der Waals surface area contributed by atoms with Crippen molar-refractivity contribution in [2.75, 3.05) is 17.2 Å². The average molecular weight is 408 g/mol. The predicted molar refractivity (Wildman–Crippen MR) is 107 cm³/mol. The highest BCUT2D eigenvalue weighted by Gasteiger charge is 2.31. The summed E-state index contributed by atoms with van der Waals surface area (Å²) in [4.78, 5) is 12.8. The molecular formula is C20H25FN2O4S. The molecule has 28 heavy (non-hydrogen) atoms. The number of carbonyl (C=O) groups excluding carboxylic acids is 1. The SMILES string of the molecule is CCOc1ccccc1CNC(=O)C(CC)N(c1ccc(F)cc1)S(C)(=O)=O. The number of nitrogens with zero attached hydrogens (tertiary/aromatic N) is 1. The van der Waals surface area contributed by atoms with E-state index in [2.05, 4.69) is 5.32 Å². The summed E-state index contributed by atoms with van der Waals surface area (Å²) in [6.07, 6.45) is 1.28. The van der Waals surface area contributed by atoms with Crippen LogP contribution in [0.15, 0.2) is 48.5 Å². The van der Waals surface area contributed by atoms with Crippen molar-refractivity contribution in [3.05, 3.63) is 59.9 Å². The minimum Gasteiger partial charge on any atom is -0.494 e. The van der Waals surface area contributed by atoms with Crippen molar-refractivity contribution in [3.8, 4) is 5.75 Å². The topological polar surface area (TPSA) is 75.7 Å². The molecule has 1 unspecified atom stereocenters. The molecule has 0 bridgehead atoms. The molecule has 1 N–H and O–H groups in total. The highest BCUT2D eigenvalue weighted by Crippen LogP contribution is 2.23. The lowest BCUT2D eigenvalue weighted by Crippen LogP contribution is -2.49. The largest absolute Gasteiger partial charge is 0.494 e. The number of amides is 1. The van der Waals surface area contributed by atoms with Crippen molar-refractivity contribution in [1.82, 2.24) is 5.32 Å². The van der Waals surface area contributed by atoms with Gasteiger partial charge in [-0.3, -0.25) is 9.10 Å². The molecule has 2 aromatic carbocycles. The maximum atomic E-state index is 13.2. The first-order chi connectivity index (χ1) is 13.3. The number of halogens is 1. The first kappa shape index (κ1) is 21.7. The van der Waals surface area contributed by atoms with Crippen molar-refractivity contribution >= 4 is 21.6 Å². The zero-order valence-corrected chi connectivity index (χ0v) is 17.0. The summed E-state index contributed by atoms with van der Waals surface area (Å²) in [5.41, 5.74) is 1.03. The van der Waals surface area contributed by atoms with Gasteiger partial charge in [0, 0.05) is 12.1 Å². The van der Waals surface area contributed by atoms with Crippen LogP contribution in [0.2, 0.25) is 0 Å². The molecule has 152 valence electrons. The van der Waals surface area contributed by atoms with E-state index in [0.29, 0.717) is 12.4 Å². The molecule has 8 heteroatoms. The van der Waals surface area contributed by atoms with Crippen molar-refractivity contribution in [3.63, 3.8) is 0 Å². The third-order valence-electron chi connectivity index (χ3n) is 4.14. The number of rotatable bonds is 9. The van der Waals surface area contributed by atoms with Crippen LogP contribution in [0.25, 0.3) is 0 Å². The van der Waals surface area contributed by atoms with Crippen molar-refractivity contribution in [2.24, 2.45) is 0 Å². The van der Waals surface area contributed by atoms with E-state index in [1.807, 2.05) is 31.2 Å². The van der Waals surface area contributed by atoms with E-state index in [4.69, 9.17) is 4.74 Å². The maximum Gasteiger partial charge on any atom is 0.244 e. The van der Waals surface area contributed by atoms with Gasteiger partial charge in [-0.15, -0.1) is 0 Å². The Balaban J connectivity index is 2.24. The second-order valence-electron chi connectivity index (χ2n) is 6.22. The van der Waals surface area contributed by atoms with Crippen LogP contribution >= 0.6 is 0 Å². The van der Waals surface area contributed by atoms with Gasteiger partial charge in [0.2, 0.25) is 15.9 Å². The van der Waals surface area contributed by atoms with E-state index in [1.54, 1.807) is 6.92 Å². The van der Waals surface area contributed by atoms with Crippen LogP contribution in [0, 0.1) is 5.82 Å². The van der Waals surface area contributed by atoms with Crippen LogP contribution in [0.5, 0.6) is 5.75 Å². The van der Waals surface area contributed by atoms with Crippen LogP contribution in [0.1, 0.15) is 25.8 Å². The minimum atomic E-state index is -3.76. The molecule has 6 nitrogen and oxygen atoms in total. The normalized spacial score (nSPS) is 12.3. The molecule has 1 amide bonds. The van der Waals surface area contributed by atoms with E-state index in [1.165, 1.54) is 12.1 Å². The Hall–Kier alpha value is -2.61. The fourth-order valence-electron chi connectivity index (χ4n) is 2.89. The number of carbonyl (C=O) groups is 1. The van der Waals surface area contributed by atoms with Gasteiger partial charge in [0.25, 0.3) is 0 Å². The van der Waals surface area contributed by atoms with Gasteiger partial charge in [-0.1, -0.05) is 25.1 Å². The molecule has 0 fully saturated rings. The Bertz CT molecular complexity index is 901. The second-order valence-corrected chi connectivity index (χ2v) is 8.08. The summed E-state index contributed by atoms with van der Waals surface area (Å²) in [7, 11) is -3.76. The maximum absolute atomic E-state index is 13.2. The van der Waals surface area contributed by atoms with E-state index in [0.717, 1.165) is 28.3 Å². The summed E-state index contributed by atoms with van der Waals surface area (Å²) in [6, 6.07) is 11.4. The first-order valence-electron chi connectivity index (χ1n) is 9.01. The Morgan fingerprint density at radius 3 is 2.36 bits per heavy atom. The van der Waals surface area contributed by atoms with Gasteiger partial charge < -0.3 is 10.1 Å². The molecular weight excluding hydrogens is 383 g/mol. The van der Waals surface area contributed by atoms with Gasteiger partial charge in [0.05, 0.1) is 18.6 Å². The fraction of sp³-hybridized carbons (Fsp3) is 0.350. The zero-order valence-electron chi connectivity index (χ0n) is 16.2. The van der Waals surface area contributed by atoms with E-state index in [9.17, 15) is 17.6 Å². The van der Waals surface area contributed by atoms with E-state index >= 15 is 0 Å². The standard InChI is InChI=1S/C20H25FN2O4S/c1-4-18(23(28(3,25)26)17-12-10-16(21)11-13-17)20(24)22-14-15-8-6-7-9-19(15)27-5-2/h6-13,18H,4-5,14H2,1-3H3,(H,22,24). The molecule has 2 rings (SSSR count). The van der Waals surface area contributed by atoms with Crippen LogP contribution in [-0.2, 0) is 21.4 Å². The molecule has 0 saturated carbocycles. The second kappa shape index (κ2) is 9.54. The average Bonchev–Trinajstić information content (AvgIpc) is 2.65. The zero-order chi connectivity index (χ0) is 20.7. The molecule has 1 atom stereocenters. The van der Waals surface area contributed by atoms with Crippen LogP contribution < -0.4 is 14.4 Å². The lowest BCUT2D eigenvalue weighted by molar-refractivity contribution is -0.122. The quantitative estimate of drug-likeness (QED) is 0.692. The summed E-state index contributed by atoms with van der Waals surface area (Å²) in [5, 5.41) is 2.78. The van der Waals surface area contributed by atoms with Crippen LogP contribution in [-0.4, -0.2) is 33.2 Å². The van der Waals surface area contributed by atoms with Gasteiger partial charge in [0.1, 0.15) is 17.6 Å². The summed E-state index contributed by atoms with van der Waals surface area (Å²) < 4.78 is 44.5. The molecule has 0 aromatic heterocycles. The third kappa shape index (κ3) is 5.45. The fourth-order valence-corrected chi connectivity index (χ4v) is 4.11. The Labute approximate surface area is 165 Å². The monoisotopic (exact) mass is 408 g/mol. The smallest absolute Gasteiger partial charge is 0.244 e. The number of hydrogen-bond donors (Lipinski definition) is 1. The van der Waals surface area contributed by atoms with Gasteiger partial charge in [-0.05, 0) is 43.7 Å². The number of benzene rings is 2. The lowest BCUT2D eigenvalue weighted by Gasteiger charge is -2.30. The first-order valence-corrected chi connectivity index (χ1v) is 10.9. The summed E-state index contributed by atoms with van der Waals surface area (Å²) in [5.74, 6) is -0.261. The molecule has 0 aliphatic carbocycles. The Morgan fingerprint density at radius 1 is 1.14 bits per heavy atom. The van der Waals surface area contributed by atoms with E-state index < -0.39 is 27.8 Å². The molecule has 0 radical (unpaired) electrons. The van der Waals surface area contributed by atoms with Gasteiger partial charge in [0.15, 0.2) is 0 Å². The molecule has 0 saturated heterocycles. The van der Waals surface area contributed by atoms with Crippen molar-refractivity contribution < 1.29 is 22.3 Å². The Kier molecular flexibility index (Phi) is 7.39. The molecule has 0 aliphatic rings. The molecule has 0 heterocycles. The number of ether oxygens (including phenoxy) is 1. The minimum absolute atomic E-state index is 0.201. The number of para-hydroxylation sites is 1. The number of hydrogen-bond acceptors (Lipinski definition) is 4. The lowest BCUT2D eigenvalue weighted by atomic mass is 10.1. The highest BCUT2D eigenvalue weighted by atomic mass is 32.2. The molecule has 0 aliphatic heterocycles. The number of nitrogens with one attached hydrogen (secondary N) is 1. The molecule has 0 spiro atoms. The third-order valence-corrected chi connectivity index (χ3v) is 5.32. The highest BCUT2D eigenvalue weighted by molar-refractivity contribution is 7.92.